The van der Waals surface area contributed by atoms with Crippen LogP contribution in [0.15, 0.2) is 18.2 Å². The topological polar surface area (TPSA) is 144 Å². The number of rotatable bonds is 2. The number of nitro groups is 1. The number of hydrogen-bond donors (Lipinski definition) is 3. The van der Waals surface area contributed by atoms with Crippen molar-refractivity contribution in [1.29, 1.82) is 0 Å². The van der Waals surface area contributed by atoms with Crippen LogP contribution in [0.4, 0.5) is 5.69 Å². The monoisotopic (exact) mass is 266 g/mol. The zero-order valence-electron chi connectivity index (χ0n) is 9.80. The molecule has 4 N–H and O–H groups in total. The molecule has 0 heterocycles. The predicted molar refractivity (Wildman–Crippen MR) is 62.6 cm³/mol. The third kappa shape index (κ3) is 3.49. The highest BCUT2D eigenvalue weighted by Gasteiger charge is 2.15. The fraction of sp³-hybridized carbons (Fsp3) is 0.100. The average Bonchev–Trinajstić information content (AvgIpc) is 2.34. The van der Waals surface area contributed by atoms with Gasteiger partial charge in [0.15, 0.2) is 0 Å². The summed E-state index contributed by atoms with van der Waals surface area (Å²) >= 11 is 0. The van der Waals surface area contributed by atoms with Crippen LogP contribution in [0.25, 0.3) is 0 Å². The van der Waals surface area contributed by atoms with E-state index in [1.54, 1.807) is 5.43 Å². The molecule has 19 heavy (non-hydrogen) atoms. The van der Waals surface area contributed by atoms with Gasteiger partial charge in [0, 0.05) is 17.2 Å². The Balaban J connectivity index is 2.79. The van der Waals surface area contributed by atoms with Crippen LogP contribution in [0.5, 0.6) is 0 Å². The van der Waals surface area contributed by atoms with E-state index in [-0.39, 0.29) is 11.3 Å². The van der Waals surface area contributed by atoms with Crippen LogP contribution >= 0.6 is 0 Å². The van der Waals surface area contributed by atoms with Gasteiger partial charge in [0.2, 0.25) is 0 Å². The average molecular weight is 266 g/mol. The number of nitro benzene ring substituents is 1. The first-order chi connectivity index (χ1) is 8.82. The van der Waals surface area contributed by atoms with Crippen molar-refractivity contribution in [2.75, 3.05) is 0 Å². The second-order valence-corrected chi connectivity index (χ2v) is 3.53. The molecule has 3 amide bonds. The highest BCUT2D eigenvalue weighted by atomic mass is 16.6. The summed E-state index contributed by atoms with van der Waals surface area (Å²) in [6.45, 7) is 1.47. The molecule has 1 aromatic carbocycles. The SMILES string of the molecule is Cc1cc(C(=O)NNC(=O)C(N)=O)ccc1[N+](=O)[O-]. The number of amides is 3. The fourth-order valence-electron chi connectivity index (χ4n) is 1.25. The van der Waals surface area contributed by atoms with Gasteiger partial charge in [-0.1, -0.05) is 0 Å². The lowest BCUT2D eigenvalue weighted by Gasteiger charge is -2.06. The van der Waals surface area contributed by atoms with E-state index in [0.717, 1.165) is 0 Å². The summed E-state index contributed by atoms with van der Waals surface area (Å²) in [5, 5.41) is 10.6. The van der Waals surface area contributed by atoms with Crippen LogP contribution in [0.2, 0.25) is 0 Å². The standard InChI is InChI=1S/C10H10N4O5/c1-5-4-6(2-3-7(5)14(18)19)9(16)12-13-10(17)8(11)15/h2-4H,1H3,(H2,11,15)(H,12,16)(H,13,17). The Hall–Kier alpha value is -2.97. The largest absolute Gasteiger partial charge is 0.361 e. The number of nitrogens with zero attached hydrogens (tertiary/aromatic N) is 1. The molecule has 0 aliphatic rings. The minimum absolute atomic E-state index is 0.0906. The molecule has 0 radical (unpaired) electrons. The minimum atomic E-state index is -1.25. The van der Waals surface area contributed by atoms with Crippen molar-refractivity contribution in [3.8, 4) is 0 Å². The first-order valence-electron chi connectivity index (χ1n) is 4.98. The molecule has 9 nitrogen and oxygen atoms in total. The lowest BCUT2D eigenvalue weighted by Crippen LogP contribution is -2.47. The predicted octanol–water partition coefficient (Wildman–Crippen LogP) is -0.850. The van der Waals surface area contributed by atoms with E-state index in [2.05, 4.69) is 5.73 Å². The molecule has 0 unspecified atom stereocenters. The number of carbonyl (C=O) groups is 3. The number of benzene rings is 1. The van der Waals surface area contributed by atoms with Crippen LogP contribution in [-0.2, 0) is 9.59 Å². The summed E-state index contributed by atoms with van der Waals surface area (Å²) in [6, 6.07) is 3.67. The fourth-order valence-corrected chi connectivity index (χ4v) is 1.25. The summed E-state index contributed by atoms with van der Waals surface area (Å²) in [7, 11) is 0. The summed E-state index contributed by atoms with van der Waals surface area (Å²) in [4.78, 5) is 42.8. The Bertz CT molecular complexity index is 569. The molecular formula is C10H10N4O5. The number of nitrogens with one attached hydrogen (secondary N) is 2. The third-order valence-electron chi connectivity index (χ3n) is 2.17. The Morgan fingerprint density at radius 3 is 2.37 bits per heavy atom. The van der Waals surface area contributed by atoms with Gasteiger partial charge in [-0.3, -0.25) is 35.3 Å². The van der Waals surface area contributed by atoms with Crippen molar-refractivity contribution in [3.63, 3.8) is 0 Å². The smallest absolute Gasteiger partial charge is 0.327 e. The summed E-state index contributed by atoms with van der Waals surface area (Å²) in [5.41, 5.74) is 8.65. The number of primary amides is 1. The Kier molecular flexibility index (Phi) is 4.14. The van der Waals surface area contributed by atoms with E-state index in [0.29, 0.717) is 5.56 Å². The van der Waals surface area contributed by atoms with Crippen molar-refractivity contribution in [2.24, 2.45) is 5.73 Å². The van der Waals surface area contributed by atoms with Gasteiger partial charge in [-0.15, -0.1) is 0 Å². The Morgan fingerprint density at radius 2 is 1.89 bits per heavy atom. The lowest BCUT2D eigenvalue weighted by molar-refractivity contribution is -0.385. The van der Waals surface area contributed by atoms with Gasteiger partial charge in [0.05, 0.1) is 4.92 Å². The van der Waals surface area contributed by atoms with Crippen molar-refractivity contribution in [1.82, 2.24) is 10.9 Å². The lowest BCUT2D eigenvalue weighted by atomic mass is 10.1. The van der Waals surface area contributed by atoms with Gasteiger partial charge in [0.25, 0.3) is 11.6 Å². The second kappa shape index (κ2) is 5.58. The number of carbonyl (C=O) groups excluding carboxylic acids is 3. The van der Waals surface area contributed by atoms with E-state index in [1.165, 1.54) is 25.1 Å². The Morgan fingerprint density at radius 1 is 1.26 bits per heavy atom. The van der Waals surface area contributed by atoms with Gasteiger partial charge in [-0.2, -0.15) is 0 Å². The zero-order valence-corrected chi connectivity index (χ0v) is 9.80. The molecule has 0 saturated heterocycles. The van der Waals surface area contributed by atoms with Gasteiger partial charge in [0.1, 0.15) is 0 Å². The van der Waals surface area contributed by atoms with Crippen LogP contribution in [0.1, 0.15) is 15.9 Å². The minimum Gasteiger partial charge on any atom is -0.361 e. The van der Waals surface area contributed by atoms with E-state index < -0.39 is 22.6 Å². The molecule has 0 bridgehead atoms. The molecule has 1 rings (SSSR count). The van der Waals surface area contributed by atoms with E-state index in [9.17, 15) is 24.5 Å². The summed E-state index contributed by atoms with van der Waals surface area (Å²) < 4.78 is 0. The molecule has 0 fully saturated rings. The maximum Gasteiger partial charge on any atom is 0.327 e. The summed E-state index contributed by atoms with van der Waals surface area (Å²) in [5.74, 6) is -3.15. The molecule has 0 saturated carbocycles. The van der Waals surface area contributed by atoms with Gasteiger partial charge in [-0.25, -0.2) is 0 Å². The van der Waals surface area contributed by atoms with Crippen LogP contribution in [0, 0.1) is 17.0 Å². The molecular weight excluding hydrogens is 256 g/mol. The van der Waals surface area contributed by atoms with Crippen molar-refractivity contribution >= 4 is 23.4 Å². The maximum absolute atomic E-state index is 11.6. The molecule has 0 spiro atoms. The maximum atomic E-state index is 11.6. The first-order valence-corrected chi connectivity index (χ1v) is 4.98. The molecule has 0 aliphatic heterocycles. The van der Waals surface area contributed by atoms with Crippen molar-refractivity contribution < 1.29 is 19.3 Å². The molecule has 100 valence electrons. The number of nitrogens with two attached hydrogens (primary N) is 1. The molecule has 0 aromatic heterocycles. The first kappa shape index (κ1) is 14.1. The highest BCUT2D eigenvalue weighted by molar-refractivity contribution is 6.34. The van der Waals surface area contributed by atoms with Crippen LogP contribution < -0.4 is 16.6 Å². The van der Waals surface area contributed by atoms with E-state index in [1.807, 2.05) is 5.43 Å². The van der Waals surface area contributed by atoms with Crippen molar-refractivity contribution in [3.05, 3.63) is 39.4 Å². The van der Waals surface area contributed by atoms with Gasteiger partial charge < -0.3 is 5.73 Å². The van der Waals surface area contributed by atoms with Crippen LogP contribution in [0.3, 0.4) is 0 Å². The molecule has 0 aliphatic carbocycles. The van der Waals surface area contributed by atoms with E-state index in [4.69, 9.17) is 0 Å². The highest BCUT2D eigenvalue weighted by Crippen LogP contribution is 2.18. The quantitative estimate of drug-likeness (QED) is 0.362. The normalized spacial score (nSPS) is 9.53. The Labute approximate surface area is 106 Å². The summed E-state index contributed by atoms with van der Waals surface area (Å²) in [6.07, 6.45) is 0. The molecule has 1 aromatic rings. The van der Waals surface area contributed by atoms with Crippen LogP contribution in [-0.4, -0.2) is 22.6 Å². The number of hydrogen-bond acceptors (Lipinski definition) is 5. The second-order valence-electron chi connectivity index (χ2n) is 3.53. The van der Waals surface area contributed by atoms with Gasteiger partial charge >= 0.3 is 11.8 Å². The van der Waals surface area contributed by atoms with E-state index >= 15 is 0 Å². The molecule has 0 atom stereocenters. The number of aryl methyl sites for hydroxylation is 1. The van der Waals surface area contributed by atoms with Gasteiger partial charge in [-0.05, 0) is 19.1 Å². The number of hydrazine groups is 1. The van der Waals surface area contributed by atoms with Crippen molar-refractivity contribution in [2.45, 2.75) is 6.92 Å². The zero-order chi connectivity index (χ0) is 14.6. The third-order valence-corrected chi connectivity index (χ3v) is 2.17. The molecule has 9 heteroatoms.